The van der Waals surface area contributed by atoms with E-state index in [1.807, 2.05) is 0 Å². The van der Waals surface area contributed by atoms with E-state index in [0.29, 0.717) is 18.5 Å². The lowest BCUT2D eigenvalue weighted by Gasteiger charge is -2.28. The molecule has 0 spiro atoms. The first-order valence-electron chi connectivity index (χ1n) is 6.67. The number of esters is 1. The highest BCUT2D eigenvalue weighted by Gasteiger charge is 2.29. The normalized spacial score (nSPS) is 23.0. The van der Waals surface area contributed by atoms with Gasteiger partial charge < -0.3 is 4.74 Å². The number of ether oxygens (including phenoxy) is 1. The van der Waals surface area contributed by atoms with Gasteiger partial charge in [0.15, 0.2) is 0 Å². The maximum atomic E-state index is 11.2. The minimum absolute atomic E-state index is 0.108. The Morgan fingerprint density at radius 2 is 2.12 bits per heavy atom. The van der Waals surface area contributed by atoms with E-state index in [9.17, 15) is 4.79 Å². The molecule has 1 rings (SSSR count). The monoisotopic (exact) mass is 242 g/mol. The molecule has 4 heteroatoms. The fourth-order valence-corrected chi connectivity index (χ4v) is 2.66. The molecule has 2 unspecified atom stereocenters. The van der Waals surface area contributed by atoms with Crippen LogP contribution in [0.15, 0.2) is 0 Å². The highest BCUT2D eigenvalue weighted by atomic mass is 16.5. The van der Waals surface area contributed by atoms with Crippen molar-refractivity contribution in [3.05, 3.63) is 0 Å². The molecule has 100 valence electrons. The van der Waals surface area contributed by atoms with E-state index in [4.69, 9.17) is 4.74 Å². The number of methoxy groups -OCH3 is 1. The molecule has 0 aliphatic carbocycles. The summed E-state index contributed by atoms with van der Waals surface area (Å²) in [5, 5.41) is 0. The van der Waals surface area contributed by atoms with Crippen LogP contribution in [0.4, 0.5) is 0 Å². The second kappa shape index (κ2) is 6.97. The molecule has 0 aromatic carbocycles. The summed E-state index contributed by atoms with van der Waals surface area (Å²) in [5.74, 6) is -0.108. The first-order valence-corrected chi connectivity index (χ1v) is 6.67. The van der Waals surface area contributed by atoms with Crippen LogP contribution in [-0.2, 0) is 9.53 Å². The summed E-state index contributed by atoms with van der Waals surface area (Å²) in [5.41, 5.74) is 0. The number of rotatable bonds is 6. The average molecular weight is 242 g/mol. The molecular formula is C13H26N2O2. The molecule has 1 aliphatic heterocycles. The quantitative estimate of drug-likeness (QED) is 0.658. The van der Waals surface area contributed by atoms with Gasteiger partial charge in [0, 0.05) is 25.2 Å². The highest BCUT2D eigenvalue weighted by Crippen LogP contribution is 2.19. The molecule has 0 aromatic heterocycles. The van der Waals surface area contributed by atoms with Crippen molar-refractivity contribution in [1.82, 2.24) is 9.80 Å². The van der Waals surface area contributed by atoms with Crippen molar-refractivity contribution in [2.24, 2.45) is 0 Å². The molecule has 0 bridgehead atoms. The zero-order valence-corrected chi connectivity index (χ0v) is 11.6. The van der Waals surface area contributed by atoms with Crippen LogP contribution in [0.25, 0.3) is 0 Å². The molecule has 0 amide bonds. The van der Waals surface area contributed by atoms with Crippen molar-refractivity contribution in [3.8, 4) is 0 Å². The summed E-state index contributed by atoms with van der Waals surface area (Å²) in [6.07, 6.45) is 1.72. The third-order valence-corrected chi connectivity index (χ3v) is 3.84. The molecule has 1 aliphatic rings. The summed E-state index contributed by atoms with van der Waals surface area (Å²) in [7, 11) is 1.46. The van der Waals surface area contributed by atoms with Crippen molar-refractivity contribution in [1.29, 1.82) is 0 Å². The molecule has 4 nitrogen and oxygen atoms in total. The minimum Gasteiger partial charge on any atom is -0.469 e. The number of hydrogen-bond donors (Lipinski definition) is 0. The number of likely N-dealkylation sites (tertiary alicyclic amines) is 1. The van der Waals surface area contributed by atoms with Crippen LogP contribution in [0, 0.1) is 0 Å². The number of hydrogen-bond acceptors (Lipinski definition) is 4. The van der Waals surface area contributed by atoms with E-state index in [-0.39, 0.29) is 5.97 Å². The predicted octanol–water partition coefficient (Wildman–Crippen LogP) is 1.35. The molecule has 2 atom stereocenters. The smallest absolute Gasteiger partial charge is 0.307 e. The van der Waals surface area contributed by atoms with Crippen molar-refractivity contribution in [2.45, 2.75) is 45.7 Å². The molecule has 0 N–H and O–H groups in total. The summed E-state index contributed by atoms with van der Waals surface area (Å²) in [6.45, 7) is 10.9. The highest BCUT2D eigenvalue weighted by molar-refractivity contribution is 5.69. The summed E-state index contributed by atoms with van der Waals surface area (Å²) < 4.78 is 4.72. The largest absolute Gasteiger partial charge is 0.469 e. The molecule has 1 heterocycles. The summed E-state index contributed by atoms with van der Waals surface area (Å²) >= 11 is 0. The van der Waals surface area contributed by atoms with Crippen LogP contribution >= 0.6 is 0 Å². The molecule has 0 aromatic rings. The van der Waals surface area contributed by atoms with Crippen molar-refractivity contribution < 1.29 is 9.53 Å². The number of carbonyl (C=O) groups excluding carboxylic acids is 1. The van der Waals surface area contributed by atoms with Gasteiger partial charge in [-0.15, -0.1) is 0 Å². The maximum absolute atomic E-state index is 11.2. The van der Waals surface area contributed by atoms with Gasteiger partial charge in [-0.3, -0.25) is 14.6 Å². The van der Waals surface area contributed by atoms with Gasteiger partial charge in [0.25, 0.3) is 0 Å². The van der Waals surface area contributed by atoms with Gasteiger partial charge in [-0.1, -0.05) is 13.8 Å². The Hall–Kier alpha value is -0.610. The van der Waals surface area contributed by atoms with Crippen LogP contribution in [-0.4, -0.2) is 61.1 Å². The van der Waals surface area contributed by atoms with Gasteiger partial charge in [0.05, 0.1) is 13.5 Å². The molecule has 17 heavy (non-hydrogen) atoms. The van der Waals surface area contributed by atoms with Crippen LogP contribution < -0.4 is 0 Å². The molecule has 0 radical (unpaired) electrons. The van der Waals surface area contributed by atoms with E-state index in [0.717, 1.165) is 26.2 Å². The lowest BCUT2D eigenvalue weighted by Crippen LogP contribution is -2.39. The number of carbonyl (C=O) groups is 1. The first kappa shape index (κ1) is 14.5. The Morgan fingerprint density at radius 1 is 1.47 bits per heavy atom. The lowest BCUT2D eigenvalue weighted by atomic mass is 10.2. The van der Waals surface area contributed by atoms with E-state index in [1.165, 1.54) is 13.5 Å². The fourth-order valence-electron chi connectivity index (χ4n) is 2.66. The number of nitrogens with zero attached hydrogens (tertiary/aromatic N) is 2. The van der Waals surface area contributed by atoms with Gasteiger partial charge >= 0.3 is 5.97 Å². The standard InChI is InChI=1S/C13H26N2O2/c1-5-14(6-2)12-7-8-15(10-12)11(3)9-13(16)17-4/h11-12H,5-10H2,1-4H3. The Balaban J connectivity index is 2.41. The lowest BCUT2D eigenvalue weighted by molar-refractivity contribution is -0.141. The van der Waals surface area contributed by atoms with E-state index in [1.54, 1.807) is 0 Å². The summed E-state index contributed by atoms with van der Waals surface area (Å²) in [6, 6.07) is 0.952. The van der Waals surface area contributed by atoms with Crippen molar-refractivity contribution in [2.75, 3.05) is 33.3 Å². The maximum Gasteiger partial charge on any atom is 0.307 e. The Kier molecular flexibility index (Phi) is 5.92. The average Bonchev–Trinajstić information content (AvgIpc) is 2.80. The van der Waals surface area contributed by atoms with E-state index < -0.39 is 0 Å². The van der Waals surface area contributed by atoms with Gasteiger partial charge in [-0.25, -0.2) is 0 Å². The number of likely N-dealkylation sites (N-methyl/N-ethyl adjacent to an activating group) is 1. The van der Waals surface area contributed by atoms with Gasteiger partial charge in [0.2, 0.25) is 0 Å². The van der Waals surface area contributed by atoms with Gasteiger partial charge in [-0.2, -0.15) is 0 Å². The van der Waals surface area contributed by atoms with Crippen LogP contribution in [0.1, 0.15) is 33.6 Å². The van der Waals surface area contributed by atoms with Crippen molar-refractivity contribution >= 4 is 5.97 Å². The predicted molar refractivity (Wildman–Crippen MR) is 69.0 cm³/mol. The fraction of sp³-hybridized carbons (Fsp3) is 0.923. The topological polar surface area (TPSA) is 32.8 Å². The first-order chi connectivity index (χ1) is 8.12. The second-order valence-electron chi connectivity index (χ2n) is 4.79. The molecule has 1 saturated heterocycles. The summed E-state index contributed by atoms with van der Waals surface area (Å²) in [4.78, 5) is 16.2. The zero-order chi connectivity index (χ0) is 12.8. The van der Waals surface area contributed by atoms with Crippen LogP contribution in [0.2, 0.25) is 0 Å². The van der Waals surface area contributed by atoms with E-state index in [2.05, 4.69) is 30.6 Å². The van der Waals surface area contributed by atoms with Crippen molar-refractivity contribution in [3.63, 3.8) is 0 Å². The minimum atomic E-state index is -0.108. The Bertz CT molecular complexity index is 242. The van der Waals surface area contributed by atoms with Crippen LogP contribution in [0.3, 0.4) is 0 Å². The Labute approximate surface area is 105 Å². The van der Waals surface area contributed by atoms with Gasteiger partial charge in [0.1, 0.15) is 0 Å². The van der Waals surface area contributed by atoms with E-state index >= 15 is 0 Å². The van der Waals surface area contributed by atoms with Gasteiger partial charge in [-0.05, 0) is 26.4 Å². The zero-order valence-electron chi connectivity index (χ0n) is 11.6. The third kappa shape index (κ3) is 3.96. The molecule has 0 saturated carbocycles. The molecule has 1 fully saturated rings. The Morgan fingerprint density at radius 3 is 2.65 bits per heavy atom. The SMILES string of the molecule is CCN(CC)C1CCN(C(C)CC(=O)OC)C1. The third-order valence-electron chi connectivity index (χ3n) is 3.84. The molecular weight excluding hydrogens is 216 g/mol. The van der Waals surface area contributed by atoms with Crippen LogP contribution in [0.5, 0.6) is 0 Å². The second-order valence-corrected chi connectivity index (χ2v) is 4.79.